The molecule has 0 aliphatic carbocycles. The number of ether oxygens (including phenoxy) is 1. The number of halogens is 1. The summed E-state index contributed by atoms with van der Waals surface area (Å²) in [6.45, 7) is 8.53. The molecule has 3 rings (SSSR count). The molecule has 3 aromatic carbocycles. The Morgan fingerprint density at radius 2 is 1.77 bits per heavy atom. The van der Waals surface area contributed by atoms with Gasteiger partial charge in [-0.1, -0.05) is 67.4 Å². The topological polar surface area (TPSA) is 62.1 Å². The lowest BCUT2D eigenvalue weighted by Gasteiger charge is -2.23. The Morgan fingerprint density at radius 3 is 2.43 bits per heavy atom. The zero-order chi connectivity index (χ0) is 25.4. The first-order chi connectivity index (χ1) is 16.8. The van der Waals surface area contributed by atoms with Crippen molar-refractivity contribution in [3.8, 4) is 11.8 Å². The lowest BCUT2D eigenvalue weighted by atomic mass is 9.93. The maximum Gasteiger partial charge on any atom is 0.252 e. The fourth-order valence-corrected chi connectivity index (χ4v) is 4.25. The van der Waals surface area contributed by atoms with Gasteiger partial charge in [0.1, 0.15) is 6.61 Å². The van der Waals surface area contributed by atoms with E-state index in [1.165, 1.54) is 6.07 Å². The minimum absolute atomic E-state index is 0.131. The van der Waals surface area contributed by atoms with Gasteiger partial charge in [0.05, 0.1) is 12.1 Å². The van der Waals surface area contributed by atoms with Crippen molar-refractivity contribution in [1.29, 1.82) is 5.26 Å². The van der Waals surface area contributed by atoms with Crippen LogP contribution in [0.3, 0.4) is 0 Å². The van der Waals surface area contributed by atoms with Crippen LogP contribution in [0.2, 0.25) is 0 Å². The number of amides is 1. The summed E-state index contributed by atoms with van der Waals surface area (Å²) in [6, 6.07) is 20.1. The number of carbonyl (C=O) groups excluding carboxylic acids is 1. The maximum atomic E-state index is 13.9. The third kappa shape index (κ3) is 7.42. The van der Waals surface area contributed by atoms with E-state index in [-0.39, 0.29) is 24.3 Å². The van der Waals surface area contributed by atoms with Crippen molar-refractivity contribution < 1.29 is 13.9 Å². The van der Waals surface area contributed by atoms with Gasteiger partial charge in [-0.25, -0.2) is 4.39 Å². The average Bonchev–Trinajstić information content (AvgIpc) is 2.81. The molecular formula is C30H33FN2O2. The molecule has 0 saturated heterocycles. The van der Waals surface area contributed by atoms with E-state index in [1.54, 1.807) is 24.3 Å². The van der Waals surface area contributed by atoms with E-state index in [2.05, 4.69) is 57.3 Å². The molecule has 0 fully saturated rings. The van der Waals surface area contributed by atoms with Gasteiger partial charge in [0.15, 0.2) is 11.6 Å². The highest BCUT2D eigenvalue weighted by Gasteiger charge is 2.20. The number of hydrogen-bond donors (Lipinski definition) is 1. The second-order valence-electron chi connectivity index (χ2n) is 9.45. The van der Waals surface area contributed by atoms with Gasteiger partial charge in [0, 0.05) is 12.0 Å². The first kappa shape index (κ1) is 26.0. The molecule has 5 heteroatoms. The molecule has 35 heavy (non-hydrogen) atoms. The van der Waals surface area contributed by atoms with Crippen LogP contribution in [-0.4, -0.2) is 5.91 Å². The normalized spacial score (nSPS) is 11.7. The fourth-order valence-electron chi connectivity index (χ4n) is 4.25. The Labute approximate surface area is 207 Å². The second-order valence-corrected chi connectivity index (χ2v) is 9.45. The first-order valence-corrected chi connectivity index (χ1v) is 12.0. The van der Waals surface area contributed by atoms with Crippen LogP contribution in [0, 0.1) is 36.9 Å². The summed E-state index contributed by atoms with van der Waals surface area (Å²) in [7, 11) is 0. The summed E-state index contributed by atoms with van der Waals surface area (Å²) in [4.78, 5) is 13.5. The number of rotatable bonds is 10. The van der Waals surface area contributed by atoms with Crippen LogP contribution in [0.15, 0.2) is 60.7 Å². The SMILES string of the molecule is Cc1cc(C)cc(C(CC(C)C)NC(=O)c2cc(COc3ccccc3F)ccc2CCC#N)c1. The zero-order valence-corrected chi connectivity index (χ0v) is 20.9. The number of carbonyl (C=O) groups is 1. The lowest BCUT2D eigenvalue weighted by molar-refractivity contribution is 0.0930. The number of nitrogens with one attached hydrogen (secondary N) is 1. The molecule has 0 saturated carbocycles. The molecule has 0 bridgehead atoms. The highest BCUT2D eigenvalue weighted by Crippen LogP contribution is 2.25. The van der Waals surface area contributed by atoms with Crippen LogP contribution in [-0.2, 0) is 13.0 Å². The van der Waals surface area contributed by atoms with Crippen molar-refractivity contribution in [3.05, 3.63) is 99.9 Å². The molecule has 0 radical (unpaired) electrons. The Bertz CT molecular complexity index is 1190. The minimum atomic E-state index is -0.430. The van der Waals surface area contributed by atoms with Gasteiger partial charge in [0.2, 0.25) is 0 Å². The molecule has 1 amide bonds. The van der Waals surface area contributed by atoms with Crippen LogP contribution in [0.25, 0.3) is 0 Å². The number of nitrogens with zero attached hydrogens (tertiary/aromatic N) is 1. The van der Waals surface area contributed by atoms with Gasteiger partial charge in [-0.05, 0) is 67.5 Å². The highest BCUT2D eigenvalue weighted by atomic mass is 19.1. The number of para-hydroxylation sites is 1. The molecule has 0 spiro atoms. The highest BCUT2D eigenvalue weighted by molar-refractivity contribution is 5.96. The van der Waals surface area contributed by atoms with E-state index in [0.29, 0.717) is 24.3 Å². The summed E-state index contributed by atoms with van der Waals surface area (Å²) < 4.78 is 19.6. The predicted molar refractivity (Wildman–Crippen MR) is 137 cm³/mol. The van der Waals surface area contributed by atoms with E-state index in [9.17, 15) is 9.18 Å². The predicted octanol–water partition coefficient (Wildman–Crippen LogP) is 6.99. The standard InChI is InChI=1S/C30H33FN2O2/c1-20(2)14-28(25-16-21(3)15-22(4)17-25)33-30(34)26-18-23(11-12-24(26)8-7-13-32)19-35-29-10-6-5-9-27(29)31/h5-6,9-12,15-18,20,28H,7-8,14,19H2,1-4H3,(H,33,34). The van der Waals surface area contributed by atoms with Gasteiger partial charge in [-0.3, -0.25) is 4.79 Å². The van der Waals surface area contributed by atoms with E-state index in [1.807, 2.05) is 12.1 Å². The first-order valence-electron chi connectivity index (χ1n) is 12.0. The minimum Gasteiger partial charge on any atom is -0.486 e. The van der Waals surface area contributed by atoms with Crippen molar-refractivity contribution in [2.24, 2.45) is 5.92 Å². The smallest absolute Gasteiger partial charge is 0.252 e. The third-order valence-corrected chi connectivity index (χ3v) is 5.81. The molecule has 1 unspecified atom stereocenters. The summed E-state index contributed by atoms with van der Waals surface area (Å²) in [5.41, 5.74) is 5.48. The Kier molecular flexibility index (Phi) is 9.03. The van der Waals surface area contributed by atoms with Gasteiger partial charge in [-0.2, -0.15) is 5.26 Å². The van der Waals surface area contributed by atoms with Crippen LogP contribution in [0.1, 0.15) is 70.9 Å². The zero-order valence-electron chi connectivity index (χ0n) is 20.9. The molecule has 0 aromatic heterocycles. The molecule has 0 aliphatic rings. The van der Waals surface area contributed by atoms with Crippen molar-refractivity contribution in [1.82, 2.24) is 5.32 Å². The fraction of sp³-hybridized carbons (Fsp3) is 0.333. The Hall–Kier alpha value is -3.65. The number of aryl methyl sites for hydroxylation is 3. The number of benzene rings is 3. The van der Waals surface area contributed by atoms with Gasteiger partial charge in [0.25, 0.3) is 5.91 Å². The number of hydrogen-bond acceptors (Lipinski definition) is 3. The van der Waals surface area contributed by atoms with Crippen molar-refractivity contribution >= 4 is 5.91 Å². The van der Waals surface area contributed by atoms with Crippen LogP contribution < -0.4 is 10.1 Å². The van der Waals surface area contributed by atoms with Crippen LogP contribution >= 0.6 is 0 Å². The molecule has 4 nitrogen and oxygen atoms in total. The summed E-state index contributed by atoms with van der Waals surface area (Å²) in [5, 5.41) is 12.3. The molecule has 0 aliphatic heterocycles. The van der Waals surface area contributed by atoms with Gasteiger partial charge >= 0.3 is 0 Å². The van der Waals surface area contributed by atoms with E-state index in [4.69, 9.17) is 10.00 Å². The van der Waals surface area contributed by atoms with E-state index in [0.717, 1.165) is 34.2 Å². The second kappa shape index (κ2) is 12.2. The van der Waals surface area contributed by atoms with Crippen LogP contribution in [0.5, 0.6) is 5.75 Å². The average molecular weight is 473 g/mol. The van der Waals surface area contributed by atoms with Gasteiger partial charge < -0.3 is 10.1 Å². The van der Waals surface area contributed by atoms with Crippen molar-refractivity contribution in [2.45, 2.75) is 59.6 Å². The molecule has 182 valence electrons. The lowest BCUT2D eigenvalue weighted by Crippen LogP contribution is -2.30. The van der Waals surface area contributed by atoms with Crippen LogP contribution in [0.4, 0.5) is 4.39 Å². The summed E-state index contributed by atoms with van der Waals surface area (Å²) in [6.07, 6.45) is 1.60. The third-order valence-electron chi connectivity index (χ3n) is 5.81. The molecular weight excluding hydrogens is 439 g/mol. The molecule has 0 heterocycles. The molecule has 1 atom stereocenters. The summed E-state index contributed by atoms with van der Waals surface area (Å²) in [5.74, 6) is -0.0601. The Balaban J connectivity index is 1.88. The van der Waals surface area contributed by atoms with E-state index < -0.39 is 5.82 Å². The summed E-state index contributed by atoms with van der Waals surface area (Å²) >= 11 is 0. The van der Waals surface area contributed by atoms with Crippen molar-refractivity contribution in [3.63, 3.8) is 0 Å². The number of nitriles is 1. The quantitative estimate of drug-likeness (QED) is 0.346. The van der Waals surface area contributed by atoms with Crippen molar-refractivity contribution in [2.75, 3.05) is 0 Å². The van der Waals surface area contributed by atoms with Gasteiger partial charge in [-0.15, -0.1) is 0 Å². The molecule has 3 aromatic rings. The maximum absolute atomic E-state index is 13.9. The van der Waals surface area contributed by atoms with E-state index >= 15 is 0 Å². The monoisotopic (exact) mass is 472 g/mol. The largest absolute Gasteiger partial charge is 0.486 e. The molecule has 1 N–H and O–H groups in total. The Morgan fingerprint density at radius 1 is 1.06 bits per heavy atom.